The highest BCUT2D eigenvalue weighted by atomic mass is 16.5. The number of aliphatic hydroxyl groups is 1. The Balaban J connectivity index is 1.12. The van der Waals surface area contributed by atoms with E-state index in [2.05, 4.69) is 70.1 Å². The van der Waals surface area contributed by atoms with E-state index in [0.717, 1.165) is 12.3 Å². The second-order valence-electron chi connectivity index (χ2n) is 19.9. The van der Waals surface area contributed by atoms with E-state index in [1.807, 2.05) is 0 Å². The number of hydrogen-bond donors (Lipinski definition) is 3. The van der Waals surface area contributed by atoms with E-state index < -0.39 is 17.5 Å². The molecule has 3 N–H and O–H groups in total. The van der Waals surface area contributed by atoms with Gasteiger partial charge in [0.15, 0.2) is 0 Å². The van der Waals surface area contributed by atoms with Gasteiger partial charge in [0.25, 0.3) is 0 Å². The van der Waals surface area contributed by atoms with Crippen LogP contribution in [0.15, 0.2) is 41.6 Å². The minimum absolute atomic E-state index is 0.00617. The Hall–Kier alpha value is -2.73. The molecule has 296 valence electrons. The standard InChI is InChI=1S/C46H67N3O5/c1-8-30-15-22-46(49-27-33(50)28-53-7)24-23-43(5)35(38(30)46)11-12-37-42(4)18-16-34(41(2,3)36(42)17-19-44(37,43)6)31-13-20-45(21-14-31,40(51)52)29-54-39-32(26-47)10-9-25-48-39/h9-10,13,16,25,30,33,35-38,49-50H,8,11-12,14-15,17-24,27-29H2,1-7H3,(H,51,52)/t30-,33-,35-,36+,37-,38-,42+,43-,44-,45+,46+/m1/s1. The van der Waals surface area contributed by atoms with Crippen LogP contribution >= 0.6 is 0 Å². The average Bonchev–Trinajstić information content (AvgIpc) is 3.53. The molecule has 8 heteroatoms. The summed E-state index contributed by atoms with van der Waals surface area (Å²) in [7, 11) is 1.67. The van der Waals surface area contributed by atoms with Crippen molar-refractivity contribution in [3.05, 3.63) is 47.2 Å². The van der Waals surface area contributed by atoms with Crippen LogP contribution in [0.5, 0.6) is 5.88 Å². The molecule has 11 atom stereocenters. The van der Waals surface area contributed by atoms with E-state index in [1.165, 1.54) is 68.9 Å². The fourth-order valence-corrected chi connectivity index (χ4v) is 14.6. The number of aliphatic hydroxyl groups excluding tert-OH is 1. The zero-order valence-electron chi connectivity index (χ0n) is 34.2. The zero-order chi connectivity index (χ0) is 38.7. The topological polar surface area (TPSA) is 125 Å². The normalized spacial score (nSPS) is 41.5. The monoisotopic (exact) mass is 742 g/mol. The largest absolute Gasteiger partial charge is 0.481 e. The van der Waals surface area contributed by atoms with Crippen LogP contribution in [0.25, 0.3) is 0 Å². The van der Waals surface area contributed by atoms with Crippen molar-refractivity contribution in [2.24, 2.45) is 56.7 Å². The summed E-state index contributed by atoms with van der Waals surface area (Å²) >= 11 is 0. The lowest BCUT2D eigenvalue weighted by Crippen LogP contribution is -2.68. The second kappa shape index (κ2) is 14.3. The Morgan fingerprint density at radius 3 is 2.50 bits per heavy atom. The van der Waals surface area contributed by atoms with Gasteiger partial charge in [-0.25, -0.2) is 4.98 Å². The van der Waals surface area contributed by atoms with Crippen LogP contribution in [-0.4, -0.2) is 59.7 Å². The van der Waals surface area contributed by atoms with Crippen LogP contribution in [0, 0.1) is 68.0 Å². The number of fused-ring (bicyclic) bond motifs is 7. The van der Waals surface area contributed by atoms with Crippen LogP contribution in [0.1, 0.15) is 131 Å². The van der Waals surface area contributed by atoms with Gasteiger partial charge >= 0.3 is 5.97 Å². The maximum atomic E-state index is 12.8. The predicted molar refractivity (Wildman–Crippen MR) is 211 cm³/mol. The lowest BCUT2D eigenvalue weighted by atomic mass is 9.33. The lowest BCUT2D eigenvalue weighted by Gasteiger charge is -2.72. The Morgan fingerprint density at radius 1 is 1.02 bits per heavy atom. The molecule has 54 heavy (non-hydrogen) atoms. The number of β-amino-alcohol motifs (C(OH)–C–C–N with tert-alkyl or cyclic N) is 1. The molecule has 4 saturated carbocycles. The van der Waals surface area contributed by atoms with Crippen molar-refractivity contribution in [2.45, 2.75) is 137 Å². The number of methoxy groups -OCH3 is 1. The molecule has 0 amide bonds. The molecule has 0 aliphatic heterocycles. The van der Waals surface area contributed by atoms with Gasteiger partial charge in [0.1, 0.15) is 23.7 Å². The van der Waals surface area contributed by atoms with E-state index in [9.17, 15) is 20.3 Å². The van der Waals surface area contributed by atoms with Gasteiger partial charge in [-0.05, 0) is 152 Å². The van der Waals surface area contributed by atoms with Crippen molar-refractivity contribution in [1.29, 1.82) is 5.26 Å². The number of rotatable bonds is 11. The molecule has 0 aromatic carbocycles. The Bertz CT molecular complexity index is 1700. The Labute approximate surface area is 324 Å². The number of pyridine rings is 1. The summed E-state index contributed by atoms with van der Waals surface area (Å²) in [5, 5.41) is 34.6. The van der Waals surface area contributed by atoms with Crippen molar-refractivity contribution in [3.63, 3.8) is 0 Å². The molecule has 1 aromatic rings. The first-order valence-electron chi connectivity index (χ1n) is 21.2. The molecule has 1 heterocycles. The number of carboxylic acid groups (broad SMARTS) is 1. The van der Waals surface area contributed by atoms with Gasteiger partial charge in [-0.15, -0.1) is 0 Å². The highest BCUT2D eigenvalue weighted by Crippen LogP contribution is 2.76. The van der Waals surface area contributed by atoms with Crippen molar-refractivity contribution < 1.29 is 24.5 Å². The molecule has 6 aliphatic rings. The van der Waals surface area contributed by atoms with Crippen LogP contribution < -0.4 is 10.1 Å². The van der Waals surface area contributed by atoms with E-state index in [0.29, 0.717) is 61.6 Å². The number of aliphatic carboxylic acids is 1. The molecular formula is C46H67N3O5. The molecule has 6 aliphatic carbocycles. The van der Waals surface area contributed by atoms with Crippen LogP contribution in [0.2, 0.25) is 0 Å². The molecule has 0 radical (unpaired) electrons. The van der Waals surface area contributed by atoms with Gasteiger partial charge in [0.2, 0.25) is 5.88 Å². The molecule has 0 bridgehead atoms. The Kier molecular flexibility index (Phi) is 10.5. The summed E-state index contributed by atoms with van der Waals surface area (Å²) in [5.74, 6) is 2.68. The summed E-state index contributed by atoms with van der Waals surface area (Å²) in [6, 6.07) is 5.44. The third kappa shape index (κ3) is 6.00. The number of hydrogen-bond acceptors (Lipinski definition) is 7. The summed E-state index contributed by atoms with van der Waals surface area (Å²) in [6.07, 6.45) is 19.9. The van der Waals surface area contributed by atoms with E-state index in [4.69, 9.17) is 9.47 Å². The number of allylic oxidation sites excluding steroid dienone is 4. The lowest BCUT2D eigenvalue weighted by molar-refractivity contribution is -0.222. The van der Waals surface area contributed by atoms with Gasteiger partial charge in [-0.1, -0.05) is 60.1 Å². The average molecular weight is 742 g/mol. The van der Waals surface area contributed by atoms with E-state index in [1.54, 1.807) is 25.4 Å². The van der Waals surface area contributed by atoms with Gasteiger partial charge in [-0.2, -0.15) is 5.26 Å². The molecule has 0 unspecified atom stereocenters. The fourth-order valence-electron chi connectivity index (χ4n) is 14.6. The first kappa shape index (κ1) is 39.5. The van der Waals surface area contributed by atoms with Gasteiger partial charge in [-0.3, -0.25) is 4.79 Å². The van der Waals surface area contributed by atoms with Gasteiger partial charge in [0, 0.05) is 25.4 Å². The fraction of sp³-hybridized carbons (Fsp3) is 0.761. The minimum Gasteiger partial charge on any atom is -0.481 e. The zero-order valence-corrected chi connectivity index (χ0v) is 34.2. The summed E-state index contributed by atoms with van der Waals surface area (Å²) in [6.45, 7) is 16.4. The number of nitriles is 1. The number of carbonyl (C=O) groups is 1. The summed E-state index contributed by atoms with van der Waals surface area (Å²) in [4.78, 5) is 17.0. The highest BCUT2D eigenvalue weighted by molar-refractivity contribution is 5.75. The maximum Gasteiger partial charge on any atom is 0.313 e. The predicted octanol–water partition coefficient (Wildman–Crippen LogP) is 8.89. The van der Waals surface area contributed by atoms with Crippen molar-refractivity contribution in [1.82, 2.24) is 10.3 Å². The molecule has 4 fully saturated rings. The number of aromatic nitrogens is 1. The third-order valence-electron chi connectivity index (χ3n) is 17.5. The first-order valence-corrected chi connectivity index (χ1v) is 21.2. The minimum atomic E-state index is -1.05. The summed E-state index contributed by atoms with van der Waals surface area (Å²) in [5.41, 5.74) is 2.91. The Morgan fingerprint density at radius 2 is 1.81 bits per heavy atom. The molecule has 0 spiro atoms. The van der Waals surface area contributed by atoms with E-state index in [-0.39, 0.29) is 39.7 Å². The number of carboxylic acids is 1. The number of nitrogens with one attached hydrogen (secondary N) is 1. The van der Waals surface area contributed by atoms with Crippen molar-refractivity contribution in [3.8, 4) is 11.9 Å². The van der Waals surface area contributed by atoms with Crippen molar-refractivity contribution in [2.75, 3.05) is 26.9 Å². The number of nitrogens with zero attached hydrogens (tertiary/aromatic N) is 2. The quantitative estimate of drug-likeness (QED) is 0.206. The first-order chi connectivity index (χ1) is 25.6. The SMILES string of the molecule is CC[C@@H]1CC[C@]2(NC[C@@H](O)COC)CC[C@]3(C)[C@H](CC[C@@H]4[C@@]5(C)CC=C(C6=CC[C@](COc7ncccc7C#N)(C(=O)O)CC6)C(C)(C)[C@@H]5CC[C@]43C)[C@@H]12. The molecule has 8 nitrogen and oxygen atoms in total. The van der Waals surface area contributed by atoms with Crippen LogP contribution in [0.4, 0.5) is 0 Å². The van der Waals surface area contributed by atoms with Crippen LogP contribution in [-0.2, 0) is 9.53 Å². The van der Waals surface area contributed by atoms with E-state index >= 15 is 0 Å². The molecule has 0 saturated heterocycles. The van der Waals surface area contributed by atoms with Crippen molar-refractivity contribution >= 4 is 5.97 Å². The smallest absolute Gasteiger partial charge is 0.313 e. The summed E-state index contributed by atoms with van der Waals surface area (Å²) < 4.78 is 11.2. The second-order valence-corrected chi connectivity index (χ2v) is 19.9. The maximum absolute atomic E-state index is 12.8. The van der Waals surface area contributed by atoms with Crippen LogP contribution in [0.3, 0.4) is 0 Å². The molecule has 1 aromatic heterocycles. The third-order valence-corrected chi connectivity index (χ3v) is 17.5. The molecular weight excluding hydrogens is 675 g/mol. The van der Waals surface area contributed by atoms with Gasteiger partial charge < -0.3 is 25.0 Å². The van der Waals surface area contributed by atoms with Gasteiger partial charge in [0.05, 0.1) is 12.7 Å². The molecule has 7 rings (SSSR count). The highest BCUT2D eigenvalue weighted by Gasteiger charge is 2.70. The number of ether oxygens (including phenoxy) is 2.